The molecule has 6 heteroatoms. The molecule has 1 aliphatic carbocycles. The van der Waals surface area contributed by atoms with Crippen molar-refractivity contribution < 1.29 is 4.79 Å². The van der Waals surface area contributed by atoms with Gasteiger partial charge in [0.25, 0.3) is 5.56 Å². The average Bonchev–Trinajstić information content (AvgIpc) is 3.45. The predicted molar refractivity (Wildman–Crippen MR) is 103 cm³/mol. The third-order valence-corrected chi connectivity index (χ3v) is 5.66. The molecule has 27 heavy (non-hydrogen) atoms. The number of hydrogen-bond acceptors (Lipinski definition) is 4. The van der Waals surface area contributed by atoms with Crippen molar-refractivity contribution in [3.63, 3.8) is 0 Å². The minimum atomic E-state index is 0.00897. The lowest BCUT2D eigenvalue weighted by Crippen LogP contribution is -2.35. The van der Waals surface area contributed by atoms with Crippen molar-refractivity contribution in [1.29, 1.82) is 0 Å². The van der Waals surface area contributed by atoms with Crippen molar-refractivity contribution >= 4 is 16.8 Å². The Balaban J connectivity index is 1.44. The van der Waals surface area contributed by atoms with Crippen molar-refractivity contribution in [2.24, 2.45) is 0 Å². The van der Waals surface area contributed by atoms with E-state index in [2.05, 4.69) is 16.0 Å². The van der Waals surface area contributed by atoms with Gasteiger partial charge in [-0.25, -0.2) is 4.98 Å². The fraction of sp³-hybridized carbons (Fsp3) is 0.381. The highest BCUT2D eigenvalue weighted by atomic mass is 16.1. The van der Waals surface area contributed by atoms with E-state index in [0.29, 0.717) is 19.0 Å². The number of aromatic nitrogens is 3. The second kappa shape index (κ2) is 6.16. The highest BCUT2D eigenvalue weighted by Crippen LogP contribution is 2.37. The van der Waals surface area contributed by atoms with Crippen LogP contribution in [0.25, 0.3) is 10.9 Å². The van der Waals surface area contributed by atoms with Crippen LogP contribution in [-0.2, 0) is 19.5 Å². The standard InChI is InChI=1S/C21H22N4O2/c1-13(26)25-11-15(16-4-2-3-5-19(16)25)10-24-9-8-18-17(12-24)21(27)23-20(22-18)14-6-7-14/h2-5,11,14H,6-10,12H2,1H3,(H,22,23,27). The van der Waals surface area contributed by atoms with Gasteiger partial charge in [-0.05, 0) is 24.5 Å². The lowest BCUT2D eigenvalue weighted by molar-refractivity contribution is 0.0941. The molecule has 0 spiro atoms. The molecule has 1 aromatic carbocycles. The van der Waals surface area contributed by atoms with Crippen LogP contribution < -0.4 is 5.56 Å². The van der Waals surface area contributed by atoms with Gasteiger partial charge in [0.1, 0.15) is 5.82 Å². The third-order valence-electron chi connectivity index (χ3n) is 5.66. The van der Waals surface area contributed by atoms with Crippen LogP contribution in [0.3, 0.4) is 0 Å². The summed E-state index contributed by atoms with van der Waals surface area (Å²) in [6.45, 7) is 3.76. The molecule has 0 bridgehead atoms. The Morgan fingerprint density at radius 1 is 1.30 bits per heavy atom. The second-order valence-electron chi connectivity index (χ2n) is 7.67. The Morgan fingerprint density at radius 2 is 2.11 bits per heavy atom. The maximum atomic E-state index is 12.5. The lowest BCUT2D eigenvalue weighted by Gasteiger charge is -2.27. The van der Waals surface area contributed by atoms with Crippen LogP contribution in [0.4, 0.5) is 0 Å². The monoisotopic (exact) mass is 362 g/mol. The smallest absolute Gasteiger partial charge is 0.255 e. The van der Waals surface area contributed by atoms with Gasteiger partial charge in [-0.15, -0.1) is 0 Å². The number of hydrogen-bond donors (Lipinski definition) is 1. The number of para-hydroxylation sites is 1. The summed E-state index contributed by atoms with van der Waals surface area (Å²) in [6, 6.07) is 7.97. The molecule has 2 aliphatic rings. The molecule has 0 saturated heterocycles. The van der Waals surface area contributed by atoms with Crippen LogP contribution in [0.1, 0.15) is 53.1 Å². The zero-order chi connectivity index (χ0) is 18.5. The van der Waals surface area contributed by atoms with Crippen LogP contribution in [0.15, 0.2) is 35.3 Å². The summed E-state index contributed by atoms with van der Waals surface area (Å²) in [5.74, 6) is 1.34. The molecule has 1 fully saturated rings. The summed E-state index contributed by atoms with van der Waals surface area (Å²) in [5, 5.41) is 1.09. The third kappa shape index (κ3) is 2.90. The van der Waals surface area contributed by atoms with E-state index >= 15 is 0 Å². The summed E-state index contributed by atoms with van der Waals surface area (Å²) in [7, 11) is 0. The minimum absolute atomic E-state index is 0.00897. The SMILES string of the molecule is CC(=O)n1cc(CN2CCc3nc(C4CC4)[nH]c(=O)c3C2)c2ccccc21. The maximum Gasteiger partial charge on any atom is 0.255 e. The van der Waals surface area contributed by atoms with E-state index in [1.54, 1.807) is 11.5 Å². The van der Waals surface area contributed by atoms with E-state index in [9.17, 15) is 9.59 Å². The number of benzene rings is 1. The number of carbonyl (C=O) groups excluding carboxylic acids is 1. The van der Waals surface area contributed by atoms with E-state index in [-0.39, 0.29) is 11.5 Å². The van der Waals surface area contributed by atoms with E-state index in [4.69, 9.17) is 4.98 Å². The van der Waals surface area contributed by atoms with Crippen molar-refractivity contribution in [3.05, 3.63) is 63.5 Å². The van der Waals surface area contributed by atoms with Gasteiger partial charge in [-0.2, -0.15) is 0 Å². The van der Waals surface area contributed by atoms with E-state index in [0.717, 1.165) is 59.4 Å². The molecule has 1 saturated carbocycles. The van der Waals surface area contributed by atoms with Gasteiger partial charge < -0.3 is 4.98 Å². The van der Waals surface area contributed by atoms with E-state index < -0.39 is 0 Å². The normalized spacial score (nSPS) is 17.2. The summed E-state index contributed by atoms with van der Waals surface area (Å²) in [6.07, 6.45) is 4.99. The van der Waals surface area contributed by atoms with Gasteiger partial charge in [-0.3, -0.25) is 19.1 Å². The van der Waals surface area contributed by atoms with Crippen LogP contribution in [-0.4, -0.2) is 31.9 Å². The maximum absolute atomic E-state index is 12.5. The Bertz CT molecular complexity index is 1110. The Labute approximate surface area is 156 Å². The molecule has 0 unspecified atom stereocenters. The van der Waals surface area contributed by atoms with Gasteiger partial charge in [0.2, 0.25) is 5.91 Å². The topological polar surface area (TPSA) is 71.0 Å². The Morgan fingerprint density at radius 3 is 2.89 bits per heavy atom. The van der Waals surface area contributed by atoms with Crippen molar-refractivity contribution in [1.82, 2.24) is 19.4 Å². The van der Waals surface area contributed by atoms with Crippen LogP contribution in [0.5, 0.6) is 0 Å². The summed E-state index contributed by atoms with van der Waals surface area (Å²) >= 11 is 0. The van der Waals surface area contributed by atoms with Crippen molar-refractivity contribution in [3.8, 4) is 0 Å². The molecule has 138 valence electrons. The molecule has 3 heterocycles. The van der Waals surface area contributed by atoms with Crippen LogP contribution in [0, 0.1) is 0 Å². The summed E-state index contributed by atoms with van der Waals surface area (Å²) in [4.78, 5) is 34.5. The molecule has 2 aromatic heterocycles. The molecule has 0 amide bonds. The minimum Gasteiger partial charge on any atom is -0.310 e. The zero-order valence-corrected chi connectivity index (χ0v) is 15.4. The fourth-order valence-corrected chi connectivity index (χ4v) is 4.06. The second-order valence-corrected chi connectivity index (χ2v) is 7.67. The molecule has 6 nitrogen and oxygen atoms in total. The van der Waals surface area contributed by atoms with Gasteiger partial charge in [-0.1, -0.05) is 18.2 Å². The Hall–Kier alpha value is -2.73. The quantitative estimate of drug-likeness (QED) is 0.778. The predicted octanol–water partition coefficient (Wildman–Crippen LogP) is 2.82. The Kier molecular flexibility index (Phi) is 3.75. The number of carbonyl (C=O) groups is 1. The van der Waals surface area contributed by atoms with Crippen molar-refractivity contribution in [2.75, 3.05) is 6.54 Å². The molecular weight excluding hydrogens is 340 g/mol. The number of nitrogens with zero attached hydrogens (tertiary/aromatic N) is 3. The number of rotatable bonds is 3. The first-order chi connectivity index (χ1) is 13.1. The number of aromatic amines is 1. The first-order valence-electron chi connectivity index (χ1n) is 9.54. The molecule has 1 aliphatic heterocycles. The molecule has 1 N–H and O–H groups in total. The first kappa shape index (κ1) is 16.4. The van der Waals surface area contributed by atoms with Gasteiger partial charge in [0.05, 0.1) is 16.8 Å². The number of H-pyrrole nitrogens is 1. The summed E-state index contributed by atoms with van der Waals surface area (Å²) in [5.41, 5.74) is 3.82. The highest BCUT2D eigenvalue weighted by Gasteiger charge is 2.29. The van der Waals surface area contributed by atoms with Crippen LogP contribution in [0.2, 0.25) is 0 Å². The van der Waals surface area contributed by atoms with Gasteiger partial charge in [0.15, 0.2) is 0 Å². The first-order valence-corrected chi connectivity index (χ1v) is 9.54. The lowest BCUT2D eigenvalue weighted by atomic mass is 10.1. The zero-order valence-electron chi connectivity index (χ0n) is 15.4. The molecular formula is C21H22N4O2. The molecule has 0 radical (unpaired) electrons. The van der Waals surface area contributed by atoms with E-state index in [1.807, 2.05) is 24.4 Å². The van der Waals surface area contributed by atoms with E-state index in [1.165, 1.54) is 0 Å². The number of nitrogens with one attached hydrogen (secondary N) is 1. The summed E-state index contributed by atoms with van der Waals surface area (Å²) < 4.78 is 1.71. The van der Waals surface area contributed by atoms with Gasteiger partial charge >= 0.3 is 0 Å². The average molecular weight is 362 g/mol. The van der Waals surface area contributed by atoms with Gasteiger partial charge in [0, 0.05) is 50.5 Å². The molecule has 5 rings (SSSR count). The molecule has 0 atom stereocenters. The fourth-order valence-electron chi connectivity index (χ4n) is 4.06. The number of fused-ring (bicyclic) bond motifs is 2. The van der Waals surface area contributed by atoms with Crippen LogP contribution >= 0.6 is 0 Å². The van der Waals surface area contributed by atoms with Crippen molar-refractivity contribution in [2.45, 2.75) is 45.2 Å². The highest BCUT2D eigenvalue weighted by molar-refractivity contribution is 5.93. The largest absolute Gasteiger partial charge is 0.310 e. The molecule has 3 aromatic rings.